The molecule has 0 aliphatic rings. The molecule has 0 aliphatic carbocycles. The molecule has 0 bridgehead atoms. The predicted molar refractivity (Wildman–Crippen MR) is 129 cm³/mol. The fourth-order valence-electron chi connectivity index (χ4n) is 3.29. The largest absolute Gasteiger partial charge is 0.462 e. The van der Waals surface area contributed by atoms with E-state index in [1.54, 1.807) is 37.3 Å². The van der Waals surface area contributed by atoms with Gasteiger partial charge in [0.15, 0.2) is 12.3 Å². The quantitative estimate of drug-likeness (QED) is 0.460. The third-order valence-corrected chi connectivity index (χ3v) is 6.01. The zero-order chi connectivity index (χ0) is 24.8. The summed E-state index contributed by atoms with van der Waals surface area (Å²) in [6.07, 6.45) is 0.687. The number of nitrogens with one attached hydrogen (secondary N) is 1. The Morgan fingerprint density at radius 2 is 1.79 bits per heavy atom. The average Bonchev–Trinajstić information content (AvgIpc) is 3.22. The molecule has 0 spiro atoms. The van der Waals surface area contributed by atoms with E-state index in [0.29, 0.717) is 28.7 Å². The minimum absolute atomic E-state index is 0.0414. The molecule has 0 unspecified atom stereocenters. The number of esters is 2. The number of hydrogen-bond donors (Lipinski definition) is 1. The number of nitrogens with zero attached hydrogens (tertiary/aromatic N) is 2. The van der Waals surface area contributed by atoms with Gasteiger partial charge < -0.3 is 14.8 Å². The lowest BCUT2D eigenvalue weighted by Gasteiger charge is -2.12. The smallest absolute Gasteiger partial charge is 0.359 e. The van der Waals surface area contributed by atoms with Gasteiger partial charge >= 0.3 is 11.9 Å². The zero-order valence-electron chi connectivity index (χ0n) is 19.5. The number of aryl methyl sites for hydroxylation is 1. The number of fused-ring (bicyclic) bond motifs is 1. The maximum absolute atomic E-state index is 12.8. The Labute approximate surface area is 200 Å². The Morgan fingerprint density at radius 3 is 2.44 bits per heavy atom. The summed E-state index contributed by atoms with van der Waals surface area (Å²) >= 11 is 1.26. The molecular formula is C24H27N3O6S. The van der Waals surface area contributed by atoms with E-state index in [1.165, 1.54) is 16.0 Å². The topological polar surface area (TPSA) is 117 Å². The van der Waals surface area contributed by atoms with Crippen LogP contribution in [0.1, 0.15) is 53.4 Å². The number of anilines is 1. The predicted octanol–water partition coefficient (Wildman–Crippen LogP) is 3.65. The molecule has 180 valence electrons. The van der Waals surface area contributed by atoms with Gasteiger partial charge in [0.25, 0.3) is 11.5 Å². The van der Waals surface area contributed by atoms with Gasteiger partial charge in [-0.3, -0.25) is 9.59 Å². The number of aromatic nitrogens is 2. The number of carbonyl (C=O) groups is 3. The van der Waals surface area contributed by atoms with E-state index in [4.69, 9.17) is 9.47 Å². The highest BCUT2D eigenvalue weighted by molar-refractivity contribution is 7.16. The third-order valence-electron chi connectivity index (χ3n) is 4.81. The van der Waals surface area contributed by atoms with E-state index in [2.05, 4.69) is 10.4 Å². The summed E-state index contributed by atoms with van der Waals surface area (Å²) in [6.45, 7) is 7.46. The lowest BCUT2D eigenvalue weighted by molar-refractivity contribution is -0.119. The van der Waals surface area contributed by atoms with Gasteiger partial charge in [-0.05, 0) is 31.4 Å². The van der Waals surface area contributed by atoms with Gasteiger partial charge in [0.05, 0.1) is 17.6 Å². The summed E-state index contributed by atoms with van der Waals surface area (Å²) in [7, 11) is 0. The monoisotopic (exact) mass is 485 g/mol. The summed E-state index contributed by atoms with van der Waals surface area (Å²) < 4.78 is 11.5. The number of ether oxygens (including phenoxy) is 2. The van der Waals surface area contributed by atoms with Crippen molar-refractivity contribution in [2.75, 3.05) is 18.5 Å². The zero-order valence-corrected chi connectivity index (χ0v) is 20.4. The first-order valence-corrected chi connectivity index (χ1v) is 11.8. The van der Waals surface area contributed by atoms with Crippen LogP contribution < -0.4 is 10.9 Å². The van der Waals surface area contributed by atoms with Gasteiger partial charge in [0, 0.05) is 16.8 Å². The molecule has 1 N–H and O–H groups in total. The van der Waals surface area contributed by atoms with Crippen LogP contribution >= 0.6 is 11.3 Å². The average molecular weight is 486 g/mol. The Morgan fingerprint density at radius 1 is 1.09 bits per heavy atom. The van der Waals surface area contributed by atoms with Crippen molar-refractivity contribution in [1.82, 2.24) is 9.78 Å². The van der Waals surface area contributed by atoms with Crippen molar-refractivity contribution in [2.24, 2.45) is 5.92 Å². The second kappa shape index (κ2) is 11.1. The number of thiophene rings is 1. The summed E-state index contributed by atoms with van der Waals surface area (Å²) in [5.41, 5.74) is -0.0773. The van der Waals surface area contributed by atoms with Crippen LogP contribution in [0.3, 0.4) is 0 Å². The summed E-state index contributed by atoms with van der Waals surface area (Å²) in [4.78, 5) is 51.1. The summed E-state index contributed by atoms with van der Waals surface area (Å²) in [5, 5.41) is 7.87. The second-order valence-electron chi connectivity index (χ2n) is 7.93. The fraction of sp³-hybridized carbons (Fsp3) is 0.375. The van der Waals surface area contributed by atoms with Crippen LogP contribution in [0.15, 0.2) is 35.1 Å². The summed E-state index contributed by atoms with van der Waals surface area (Å²) in [5.74, 6) is -1.83. The van der Waals surface area contributed by atoms with Gasteiger partial charge in [0.2, 0.25) is 0 Å². The normalized spacial score (nSPS) is 11.0. The van der Waals surface area contributed by atoms with E-state index < -0.39 is 24.5 Å². The van der Waals surface area contributed by atoms with E-state index in [9.17, 15) is 19.2 Å². The molecule has 0 saturated heterocycles. The first kappa shape index (κ1) is 25.1. The molecule has 2 heterocycles. The molecule has 10 heteroatoms. The Balaban J connectivity index is 1.78. The maximum Gasteiger partial charge on any atom is 0.359 e. The Bertz CT molecular complexity index is 1280. The van der Waals surface area contributed by atoms with Crippen LogP contribution in [0.25, 0.3) is 10.8 Å². The molecule has 0 radical (unpaired) electrons. The molecule has 0 saturated carbocycles. The molecular weight excluding hydrogens is 458 g/mol. The first-order valence-electron chi connectivity index (χ1n) is 11.0. The molecule has 0 aliphatic heterocycles. The van der Waals surface area contributed by atoms with Crippen molar-refractivity contribution in [3.8, 4) is 0 Å². The first-order chi connectivity index (χ1) is 16.2. The highest BCUT2D eigenvalue weighted by Gasteiger charge is 2.22. The van der Waals surface area contributed by atoms with Gasteiger partial charge in [-0.15, -0.1) is 11.3 Å². The molecule has 3 rings (SSSR count). The Hall–Kier alpha value is -3.53. The van der Waals surface area contributed by atoms with Gasteiger partial charge in [-0.25, -0.2) is 14.3 Å². The van der Waals surface area contributed by atoms with E-state index in [1.807, 2.05) is 20.8 Å². The van der Waals surface area contributed by atoms with Crippen molar-refractivity contribution >= 4 is 45.0 Å². The number of hydrogen-bond acceptors (Lipinski definition) is 8. The number of amides is 1. The van der Waals surface area contributed by atoms with Crippen LogP contribution in [0.4, 0.5) is 5.00 Å². The lowest BCUT2D eigenvalue weighted by atomic mass is 10.1. The van der Waals surface area contributed by atoms with Crippen LogP contribution in [-0.2, 0) is 27.2 Å². The van der Waals surface area contributed by atoms with Crippen molar-refractivity contribution in [3.05, 3.63) is 56.8 Å². The van der Waals surface area contributed by atoms with Crippen LogP contribution in [0.2, 0.25) is 0 Å². The van der Waals surface area contributed by atoms with Crippen LogP contribution in [0.5, 0.6) is 0 Å². The number of benzene rings is 1. The number of carbonyl (C=O) groups excluding carboxylic acids is 3. The summed E-state index contributed by atoms with van der Waals surface area (Å²) in [6, 6.07) is 8.32. The minimum atomic E-state index is -0.824. The molecule has 9 nitrogen and oxygen atoms in total. The molecule has 0 fully saturated rings. The molecule has 3 aromatic rings. The molecule has 0 atom stereocenters. The molecule has 34 heavy (non-hydrogen) atoms. The standard InChI is InChI=1S/C24H27N3O6S/c1-5-15-11-18(23(30)32-6-2)21(34-15)25-19(28)13-33-24(31)20-16-9-7-8-10-17(16)22(29)27(26-20)12-14(3)4/h7-11,14H,5-6,12-13H2,1-4H3,(H,25,28). The van der Waals surface area contributed by atoms with Crippen LogP contribution in [-0.4, -0.2) is 40.8 Å². The minimum Gasteiger partial charge on any atom is -0.462 e. The van der Waals surface area contributed by atoms with Crippen LogP contribution in [0, 0.1) is 5.92 Å². The highest BCUT2D eigenvalue weighted by atomic mass is 32.1. The molecule has 1 aromatic carbocycles. The van der Waals surface area contributed by atoms with Crippen molar-refractivity contribution in [1.29, 1.82) is 0 Å². The van der Waals surface area contributed by atoms with Crippen molar-refractivity contribution in [2.45, 2.75) is 40.7 Å². The third kappa shape index (κ3) is 5.69. The second-order valence-corrected chi connectivity index (χ2v) is 9.07. The van der Waals surface area contributed by atoms with E-state index in [-0.39, 0.29) is 29.3 Å². The molecule has 1 amide bonds. The Kier molecular flexibility index (Phi) is 8.17. The van der Waals surface area contributed by atoms with Gasteiger partial charge in [-0.2, -0.15) is 5.10 Å². The molecule has 2 aromatic heterocycles. The van der Waals surface area contributed by atoms with E-state index in [0.717, 1.165) is 4.88 Å². The van der Waals surface area contributed by atoms with Gasteiger partial charge in [0.1, 0.15) is 5.00 Å². The fourth-order valence-corrected chi connectivity index (χ4v) is 4.29. The lowest BCUT2D eigenvalue weighted by Crippen LogP contribution is -2.29. The van der Waals surface area contributed by atoms with Crippen molar-refractivity contribution in [3.63, 3.8) is 0 Å². The van der Waals surface area contributed by atoms with Crippen molar-refractivity contribution < 1.29 is 23.9 Å². The van der Waals surface area contributed by atoms with Gasteiger partial charge in [-0.1, -0.05) is 39.0 Å². The number of rotatable bonds is 9. The maximum atomic E-state index is 12.8. The van der Waals surface area contributed by atoms with E-state index >= 15 is 0 Å². The highest BCUT2D eigenvalue weighted by Crippen LogP contribution is 2.29. The SMILES string of the molecule is CCOC(=O)c1cc(CC)sc1NC(=O)COC(=O)c1nn(CC(C)C)c(=O)c2ccccc12.